The largest absolute Gasteiger partial charge is 0.464 e. The highest BCUT2D eigenvalue weighted by Gasteiger charge is 2.25. The molecule has 0 aliphatic heterocycles. The molecular formula is C16H28N2O6. The summed E-state index contributed by atoms with van der Waals surface area (Å²) in [6.45, 7) is 5.70. The van der Waals surface area contributed by atoms with Crippen LogP contribution in [0.4, 0.5) is 0 Å². The third-order valence-corrected chi connectivity index (χ3v) is 3.23. The van der Waals surface area contributed by atoms with E-state index in [9.17, 15) is 19.7 Å². The number of nitrogens with one attached hydrogen (secondary N) is 1. The Morgan fingerprint density at radius 1 is 1.21 bits per heavy atom. The monoisotopic (exact) mass is 344 g/mol. The molecule has 0 saturated heterocycles. The van der Waals surface area contributed by atoms with E-state index in [-0.39, 0.29) is 25.0 Å². The van der Waals surface area contributed by atoms with E-state index < -0.39 is 17.1 Å². The molecule has 0 aromatic rings. The molecule has 1 N–H and O–H groups in total. The first-order chi connectivity index (χ1) is 11.4. The summed E-state index contributed by atoms with van der Waals surface area (Å²) in [5, 5.41) is 11.8. The molecule has 0 aliphatic carbocycles. The van der Waals surface area contributed by atoms with Gasteiger partial charge in [0.15, 0.2) is 0 Å². The molecule has 8 heteroatoms. The minimum absolute atomic E-state index is 0.0267. The molecule has 0 rings (SSSR count). The molecule has 0 saturated carbocycles. The maximum absolute atomic E-state index is 12.0. The minimum atomic E-state index is -0.855. The van der Waals surface area contributed by atoms with Crippen LogP contribution >= 0.6 is 0 Å². The Morgan fingerprint density at radius 2 is 1.88 bits per heavy atom. The van der Waals surface area contributed by atoms with Crippen LogP contribution in [0.15, 0.2) is 12.2 Å². The number of rotatable bonds is 13. The summed E-state index contributed by atoms with van der Waals surface area (Å²) >= 11 is 0. The quantitative estimate of drug-likeness (QED) is 0.181. The fourth-order valence-corrected chi connectivity index (χ4v) is 1.90. The van der Waals surface area contributed by atoms with Crippen molar-refractivity contribution in [2.45, 2.75) is 58.9 Å². The number of esters is 1. The topological polar surface area (TPSA) is 108 Å². The van der Waals surface area contributed by atoms with Gasteiger partial charge in [-0.25, -0.2) is 4.79 Å². The van der Waals surface area contributed by atoms with Crippen molar-refractivity contribution >= 4 is 11.9 Å². The summed E-state index contributed by atoms with van der Waals surface area (Å²) in [5.41, 5.74) is 0. The molecular weight excluding hydrogens is 316 g/mol. The number of hydrogen-bond donors (Lipinski definition) is 1. The minimum Gasteiger partial charge on any atom is -0.464 e. The number of carbonyl (C=O) groups is 2. The van der Waals surface area contributed by atoms with Gasteiger partial charge in [-0.15, -0.1) is 10.1 Å². The Balaban J connectivity index is 4.08. The van der Waals surface area contributed by atoms with Gasteiger partial charge in [-0.2, -0.15) is 0 Å². The molecule has 0 aromatic carbocycles. The van der Waals surface area contributed by atoms with Crippen molar-refractivity contribution in [2.75, 3.05) is 13.2 Å². The number of allylic oxidation sites excluding steroid dienone is 2. The van der Waals surface area contributed by atoms with Crippen LogP contribution in [0.25, 0.3) is 0 Å². The van der Waals surface area contributed by atoms with Crippen molar-refractivity contribution in [3.05, 3.63) is 22.3 Å². The van der Waals surface area contributed by atoms with Gasteiger partial charge in [0.2, 0.25) is 5.91 Å². The SMILES string of the molecule is C/C=C\CCCC(=O)NC(C(=O)OCCCCO[N+](=O)[O-])C(C)C. The Kier molecular flexibility index (Phi) is 12.2. The Hall–Kier alpha value is -2.12. The van der Waals surface area contributed by atoms with E-state index in [1.54, 1.807) is 0 Å². The summed E-state index contributed by atoms with van der Waals surface area (Å²) in [7, 11) is 0. The van der Waals surface area contributed by atoms with Gasteiger partial charge in [0.1, 0.15) is 6.04 Å². The zero-order chi connectivity index (χ0) is 18.4. The van der Waals surface area contributed by atoms with Crippen LogP contribution in [0.1, 0.15) is 52.9 Å². The first kappa shape index (κ1) is 21.9. The van der Waals surface area contributed by atoms with Crippen LogP contribution in [-0.2, 0) is 19.2 Å². The molecule has 1 atom stereocenters. The van der Waals surface area contributed by atoms with E-state index in [0.717, 1.165) is 12.8 Å². The summed E-state index contributed by atoms with van der Waals surface area (Å²) in [4.78, 5) is 38.1. The lowest BCUT2D eigenvalue weighted by atomic mass is 10.0. The molecule has 0 bridgehead atoms. The Labute approximate surface area is 142 Å². The van der Waals surface area contributed by atoms with Gasteiger partial charge in [-0.1, -0.05) is 26.0 Å². The van der Waals surface area contributed by atoms with Crippen molar-refractivity contribution in [1.82, 2.24) is 5.32 Å². The first-order valence-corrected chi connectivity index (χ1v) is 8.23. The molecule has 1 unspecified atom stereocenters. The van der Waals surface area contributed by atoms with Crippen LogP contribution in [0, 0.1) is 16.0 Å². The van der Waals surface area contributed by atoms with Gasteiger partial charge in [-0.3, -0.25) is 4.79 Å². The van der Waals surface area contributed by atoms with Crippen LogP contribution in [0.3, 0.4) is 0 Å². The Morgan fingerprint density at radius 3 is 2.46 bits per heavy atom. The van der Waals surface area contributed by atoms with Crippen LogP contribution in [0.5, 0.6) is 0 Å². The van der Waals surface area contributed by atoms with Crippen LogP contribution in [0.2, 0.25) is 0 Å². The predicted octanol–water partition coefficient (Wildman–Crippen LogP) is 2.41. The highest BCUT2D eigenvalue weighted by molar-refractivity contribution is 5.84. The first-order valence-electron chi connectivity index (χ1n) is 8.23. The maximum atomic E-state index is 12.0. The highest BCUT2D eigenvalue weighted by Crippen LogP contribution is 2.06. The molecule has 0 radical (unpaired) electrons. The lowest BCUT2D eigenvalue weighted by Gasteiger charge is -2.20. The summed E-state index contributed by atoms with van der Waals surface area (Å²) in [6.07, 6.45) is 6.71. The summed E-state index contributed by atoms with van der Waals surface area (Å²) < 4.78 is 5.13. The van der Waals surface area contributed by atoms with Gasteiger partial charge in [0, 0.05) is 6.42 Å². The second-order valence-electron chi connectivity index (χ2n) is 5.68. The number of nitrogens with zero attached hydrogens (tertiary/aromatic N) is 1. The average Bonchev–Trinajstić information content (AvgIpc) is 2.51. The van der Waals surface area contributed by atoms with Crippen molar-refractivity contribution < 1.29 is 24.3 Å². The zero-order valence-electron chi connectivity index (χ0n) is 14.7. The van der Waals surface area contributed by atoms with Gasteiger partial charge in [0.25, 0.3) is 5.09 Å². The molecule has 1 amide bonds. The molecule has 0 heterocycles. The van der Waals surface area contributed by atoms with Gasteiger partial charge < -0.3 is 14.9 Å². The smallest absolute Gasteiger partial charge is 0.328 e. The van der Waals surface area contributed by atoms with Crippen molar-refractivity contribution in [2.24, 2.45) is 5.92 Å². The van der Waals surface area contributed by atoms with E-state index in [1.165, 1.54) is 0 Å². The van der Waals surface area contributed by atoms with Gasteiger partial charge >= 0.3 is 5.97 Å². The van der Waals surface area contributed by atoms with Crippen molar-refractivity contribution in [3.63, 3.8) is 0 Å². The number of unbranched alkanes of at least 4 members (excludes halogenated alkanes) is 2. The average molecular weight is 344 g/mol. The molecule has 8 nitrogen and oxygen atoms in total. The predicted molar refractivity (Wildman–Crippen MR) is 88.6 cm³/mol. The third-order valence-electron chi connectivity index (χ3n) is 3.23. The fourth-order valence-electron chi connectivity index (χ4n) is 1.90. The fraction of sp³-hybridized carbons (Fsp3) is 0.750. The van der Waals surface area contributed by atoms with Crippen LogP contribution < -0.4 is 5.32 Å². The zero-order valence-corrected chi connectivity index (χ0v) is 14.7. The van der Waals surface area contributed by atoms with E-state index >= 15 is 0 Å². The standard InChI is InChI=1S/C16H28N2O6/c1-4-5-6-7-10-14(19)17-15(13(2)3)16(20)23-11-8-9-12-24-18(21)22/h4-5,13,15H,6-12H2,1-3H3,(H,17,19)/b5-4-. The molecule has 0 fully saturated rings. The molecule has 0 aliphatic rings. The van der Waals surface area contributed by atoms with Crippen molar-refractivity contribution in [3.8, 4) is 0 Å². The normalized spacial score (nSPS) is 12.2. The summed E-state index contributed by atoms with van der Waals surface area (Å²) in [5.74, 6) is -0.744. The summed E-state index contributed by atoms with van der Waals surface area (Å²) in [6, 6.07) is -0.686. The third kappa shape index (κ3) is 11.4. The molecule has 0 spiro atoms. The number of hydrogen-bond acceptors (Lipinski definition) is 6. The maximum Gasteiger partial charge on any atom is 0.328 e. The van der Waals surface area contributed by atoms with E-state index in [1.807, 2.05) is 32.9 Å². The second kappa shape index (κ2) is 13.3. The van der Waals surface area contributed by atoms with Crippen LogP contribution in [-0.4, -0.2) is 36.2 Å². The molecule has 138 valence electrons. The van der Waals surface area contributed by atoms with Gasteiger partial charge in [-0.05, 0) is 38.5 Å². The number of amides is 1. The second-order valence-corrected chi connectivity index (χ2v) is 5.68. The number of carbonyl (C=O) groups excluding carboxylic acids is 2. The Bertz CT molecular complexity index is 423. The van der Waals surface area contributed by atoms with E-state index in [4.69, 9.17) is 4.74 Å². The molecule has 24 heavy (non-hydrogen) atoms. The molecule has 0 aromatic heterocycles. The van der Waals surface area contributed by atoms with E-state index in [2.05, 4.69) is 10.2 Å². The lowest BCUT2D eigenvalue weighted by Crippen LogP contribution is -2.45. The highest BCUT2D eigenvalue weighted by atomic mass is 16.9. The van der Waals surface area contributed by atoms with E-state index in [0.29, 0.717) is 19.3 Å². The lowest BCUT2D eigenvalue weighted by molar-refractivity contribution is -0.757. The number of ether oxygens (including phenoxy) is 1. The van der Waals surface area contributed by atoms with Crippen molar-refractivity contribution in [1.29, 1.82) is 0 Å². The van der Waals surface area contributed by atoms with Gasteiger partial charge in [0.05, 0.1) is 13.2 Å².